The van der Waals surface area contributed by atoms with Crippen molar-refractivity contribution in [3.8, 4) is 0 Å². The number of halogens is 1. The van der Waals surface area contributed by atoms with Gasteiger partial charge in [-0.1, -0.05) is 0 Å². The van der Waals surface area contributed by atoms with Gasteiger partial charge in [0.1, 0.15) is 0 Å². The summed E-state index contributed by atoms with van der Waals surface area (Å²) in [6.07, 6.45) is 3.33. The van der Waals surface area contributed by atoms with Gasteiger partial charge in [-0.05, 0) is 0 Å². The zero-order valence-corrected chi connectivity index (χ0v) is 14.7. The van der Waals surface area contributed by atoms with Crippen molar-refractivity contribution in [3.63, 3.8) is 0 Å². The van der Waals surface area contributed by atoms with Crippen molar-refractivity contribution in [2.45, 2.75) is 27.7 Å². The molecule has 0 heterocycles. The third-order valence-corrected chi connectivity index (χ3v) is 6.04. The van der Waals surface area contributed by atoms with Crippen LogP contribution in [0.5, 0.6) is 0 Å². The van der Waals surface area contributed by atoms with Gasteiger partial charge in [-0.3, -0.25) is 0 Å². The van der Waals surface area contributed by atoms with E-state index >= 15 is 0 Å². The molecule has 0 aliphatic rings. The molecule has 5 heteroatoms. The number of hydrogen-bond donors (Lipinski definition) is 0. The average molecular weight is 402 g/mol. The van der Waals surface area contributed by atoms with E-state index in [9.17, 15) is 9.59 Å². The average Bonchev–Trinajstić information content (AvgIpc) is 2.53. The fourth-order valence-corrected chi connectivity index (χ4v) is 4.13. The first-order valence-corrected chi connectivity index (χ1v) is 9.30. The Labute approximate surface area is 133 Å². The van der Waals surface area contributed by atoms with Gasteiger partial charge in [-0.25, -0.2) is 0 Å². The number of carbonyl (C=O) groups excluding carboxylic acids is 2. The van der Waals surface area contributed by atoms with Crippen LogP contribution in [0.2, 0.25) is 0 Å². The molecule has 0 atom stereocenters. The van der Waals surface area contributed by atoms with E-state index < -0.39 is 32.6 Å². The van der Waals surface area contributed by atoms with Gasteiger partial charge in [0.2, 0.25) is 0 Å². The van der Waals surface area contributed by atoms with Crippen LogP contribution in [0.25, 0.3) is 0 Å². The Balaban J connectivity index is 2.96. The maximum absolute atomic E-state index is 11.9. The van der Waals surface area contributed by atoms with Crippen molar-refractivity contribution in [2.24, 2.45) is 0 Å². The number of carbonyl (C=O) groups is 2. The first-order chi connectivity index (χ1) is 9.99. The zero-order chi connectivity index (χ0) is 15.8. The molecule has 0 amide bonds. The Morgan fingerprint density at radius 1 is 0.905 bits per heavy atom. The Bertz CT molecular complexity index is 529. The molecule has 1 rings (SSSR count). The number of benzene rings is 1. The second-order valence-electron chi connectivity index (χ2n) is 4.19. The van der Waals surface area contributed by atoms with Gasteiger partial charge in [0, 0.05) is 0 Å². The van der Waals surface area contributed by atoms with Crippen LogP contribution in [-0.2, 0) is 15.7 Å². The summed E-state index contributed by atoms with van der Waals surface area (Å²) in [6.45, 7) is 6.85. The normalized spacial score (nSPS) is 12.7. The van der Waals surface area contributed by atoms with Crippen LogP contribution >= 0.6 is 20.6 Å². The van der Waals surface area contributed by atoms with Gasteiger partial charge in [0.15, 0.2) is 0 Å². The standard InChI is InChI=1S/C16H19IO4/c1-5-12(3)15(18)20-17(14-10-8-7-9-11-14)21-16(19)13(4)6-2/h5-11H,1-4H3/b12-5+,13-6+. The molecule has 0 unspecified atom stereocenters. The van der Waals surface area contributed by atoms with Crippen LogP contribution in [0.1, 0.15) is 27.7 Å². The van der Waals surface area contributed by atoms with E-state index in [1.165, 1.54) is 0 Å². The number of allylic oxidation sites excluding steroid dienone is 2. The fraction of sp³-hybridized carbons (Fsp3) is 0.250. The van der Waals surface area contributed by atoms with Crippen LogP contribution in [-0.4, -0.2) is 11.9 Å². The summed E-state index contributed by atoms with van der Waals surface area (Å²) in [5, 5.41) is 0. The monoisotopic (exact) mass is 402 g/mol. The minimum atomic E-state index is -2.83. The third-order valence-electron chi connectivity index (χ3n) is 2.70. The summed E-state index contributed by atoms with van der Waals surface area (Å²) in [5.41, 5.74) is 0.985. The van der Waals surface area contributed by atoms with Gasteiger partial charge in [-0.15, -0.1) is 0 Å². The summed E-state index contributed by atoms with van der Waals surface area (Å²) in [6, 6.07) is 9.12. The summed E-state index contributed by atoms with van der Waals surface area (Å²) < 4.78 is 11.6. The van der Waals surface area contributed by atoms with Crippen molar-refractivity contribution >= 4 is 32.6 Å². The first-order valence-electron chi connectivity index (χ1n) is 6.46. The van der Waals surface area contributed by atoms with Gasteiger partial charge in [0.05, 0.1) is 0 Å². The molecule has 1 aromatic rings. The van der Waals surface area contributed by atoms with Crippen LogP contribution in [0.4, 0.5) is 0 Å². The van der Waals surface area contributed by atoms with Crippen molar-refractivity contribution in [3.05, 3.63) is 57.2 Å². The molecule has 0 aliphatic heterocycles. The topological polar surface area (TPSA) is 52.6 Å². The molecule has 0 aliphatic carbocycles. The molecule has 4 nitrogen and oxygen atoms in total. The van der Waals surface area contributed by atoms with E-state index in [0.717, 1.165) is 3.57 Å². The molecule has 0 fully saturated rings. The van der Waals surface area contributed by atoms with Crippen LogP contribution in [0, 0.1) is 3.57 Å². The van der Waals surface area contributed by atoms with Crippen LogP contribution < -0.4 is 0 Å². The predicted molar refractivity (Wildman–Crippen MR) is 90.2 cm³/mol. The van der Waals surface area contributed by atoms with Gasteiger partial charge >= 0.3 is 133 Å². The van der Waals surface area contributed by atoms with Crippen molar-refractivity contribution in [2.75, 3.05) is 0 Å². The van der Waals surface area contributed by atoms with Gasteiger partial charge in [-0.2, -0.15) is 0 Å². The van der Waals surface area contributed by atoms with E-state index in [2.05, 4.69) is 0 Å². The van der Waals surface area contributed by atoms with E-state index in [1.807, 2.05) is 18.2 Å². The second kappa shape index (κ2) is 8.61. The van der Waals surface area contributed by atoms with E-state index in [0.29, 0.717) is 11.1 Å². The second-order valence-corrected chi connectivity index (χ2v) is 7.55. The van der Waals surface area contributed by atoms with Gasteiger partial charge in [0.25, 0.3) is 0 Å². The van der Waals surface area contributed by atoms with Crippen molar-refractivity contribution < 1.29 is 15.7 Å². The summed E-state index contributed by atoms with van der Waals surface area (Å²) in [5.74, 6) is -0.894. The molecular weight excluding hydrogens is 383 g/mol. The molecule has 21 heavy (non-hydrogen) atoms. The molecule has 0 N–H and O–H groups in total. The Kier molecular flexibility index (Phi) is 7.14. The summed E-state index contributed by atoms with van der Waals surface area (Å²) in [4.78, 5) is 23.8. The van der Waals surface area contributed by atoms with E-state index in [4.69, 9.17) is 6.13 Å². The molecule has 1 aromatic carbocycles. The van der Waals surface area contributed by atoms with Gasteiger partial charge < -0.3 is 0 Å². The summed E-state index contributed by atoms with van der Waals surface area (Å²) in [7, 11) is 0. The van der Waals surface area contributed by atoms with Crippen LogP contribution in [0.15, 0.2) is 53.6 Å². The van der Waals surface area contributed by atoms with Crippen LogP contribution in [0.3, 0.4) is 0 Å². The Hall–Kier alpha value is -1.63. The molecule has 0 radical (unpaired) electrons. The van der Waals surface area contributed by atoms with E-state index in [-0.39, 0.29) is 0 Å². The molecule has 0 spiro atoms. The first kappa shape index (κ1) is 17.4. The van der Waals surface area contributed by atoms with E-state index in [1.54, 1.807) is 52.0 Å². The Morgan fingerprint density at radius 3 is 1.71 bits per heavy atom. The minimum absolute atomic E-state index is 0.447. The molecule has 0 bridgehead atoms. The maximum atomic E-state index is 11.9. The number of hydrogen-bond acceptors (Lipinski definition) is 4. The molecule has 114 valence electrons. The third kappa shape index (κ3) is 5.34. The molecule has 0 saturated carbocycles. The van der Waals surface area contributed by atoms with Crippen molar-refractivity contribution in [1.29, 1.82) is 0 Å². The number of rotatable bonds is 5. The molecule has 0 aromatic heterocycles. The summed E-state index contributed by atoms with van der Waals surface area (Å²) >= 11 is -2.83. The zero-order valence-electron chi connectivity index (χ0n) is 12.6. The predicted octanol–water partition coefficient (Wildman–Crippen LogP) is 4.21. The fourth-order valence-electron chi connectivity index (χ4n) is 1.11. The SMILES string of the molecule is C/C=C(\C)C(=O)OI(OC(=O)/C(C)=C/C)c1ccccc1. The molecular formula is C16H19IO4. The quantitative estimate of drug-likeness (QED) is 0.547. The Morgan fingerprint density at radius 2 is 1.33 bits per heavy atom. The molecule has 0 saturated heterocycles. The van der Waals surface area contributed by atoms with Crippen molar-refractivity contribution in [1.82, 2.24) is 0 Å².